The second-order valence-corrected chi connectivity index (χ2v) is 9.19. The van der Waals surface area contributed by atoms with Gasteiger partial charge in [-0.15, -0.1) is 0 Å². The predicted octanol–water partition coefficient (Wildman–Crippen LogP) is 5.24. The molecular weight excluding hydrogens is 412 g/mol. The molecule has 172 valence electrons. The third kappa shape index (κ3) is 8.41. The van der Waals surface area contributed by atoms with Crippen molar-refractivity contribution in [2.75, 3.05) is 0 Å². The van der Waals surface area contributed by atoms with Gasteiger partial charge in [0.25, 0.3) is 0 Å². The van der Waals surface area contributed by atoms with Crippen molar-refractivity contribution in [3.63, 3.8) is 0 Å². The lowest BCUT2D eigenvalue weighted by molar-refractivity contribution is -0.144. The maximum absolute atomic E-state index is 12.7. The highest BCUT2D eigenvalue weighted by Crippen LogP contribution is 2.28. The molecule has 2 rings (SSSR count). The van der Waals surface area contributed by atoms with Crippen LogP contribution in [0.3, 0.4) is 0 Å². The zero-order chi connectivity index (χ0) is 23.9. The molecule has 0 radical (unpaired) electrons. The lowest BCUT2D eigenvalue weighted by Crippen LogP contribution is -2.28. The molecule has 0 amide bonds. The highest BCUT2D eigenvalue weighted by Gasteiger charge is 2.27. The smallest absolute Gasteiger partial charge is 0.461 e. The highest BCUT2D eigenvalue weighted by atomic mass is 16.7. The molecule has 0 aliphatic heterocycles. The molecule has 7 nitrogen and oxygen atoms in total. The van der Waals surface area contributed by atoms with E-state index in [1.54, 1.807) is 53.7 Å². The number of ether oxygens (including phenoxy) is 4. The van der Waals surface area contributed by atoms with E-state index in [-0.39, 0.29) is 24.3 Å². The Morgan fingerprint density at radius 3 is 2.00 bits per heavy atom. The lowest BCUT2D eigenvalue weighted by atomic mass is 10.1. The fourth-order valence-electron chi connectivity index (χ4n) is 2.64. The number of benzene rings is 2. The predicted molar refractivity (Wildman–Crippen MR) is 118 cm³/mol. The van der Waals surface area contributed by atoms with Gasteiger partial charge in [-0.3, -0.25) is 4.79 Å². The van der Waals surface area contributed by atoms with Crippen LogP contribution in [0.2, 0.25) is 0 Å². The Morgan fingerprint density at radius 2 is 1.41 bits per heavy atom. The van der Waals surface area contributed by atoms with E-state index in [2.05, 4.69) is 0 Å². The van der Waals surface area contributed by atoms with Crippen molar-refractivity contribution in [2.24, 2.45) is 0 Å². The first-order chi connectivity index (χ1) is 14.8. The van der Waals surface area contributed by atoms with E-state index in [1.165, 1.54) is 6.07 Å². The number of rotatable bonds is 6. The molecule has 0 unspecified atom stereocenters. The number of carbonyl (C=O) groups is 3. The molecule has 0 N–H and O–H groups in total. The minimum Gasteiger partial charge on any atom is -0.461 e. The number of hydrogen-bond donors (Lipinski definition) is 0. The molecule has 0 bridgehead atoms. The van der Waals surface area contributed by atoms with Crippen molar-refractivity contribution in [3.05, 3.63) is 65.2 Å². The number of esters is 2. The van der Waals surface area contributed by atoms with E-state index >= 15 is 0 Å². The maximum Gasteiger partial charge on any atom is 0.514 e. The van der Waals surface area contributed by atoms with Crippen molar-refractivity contribution in [1.82, 2.24) is 0 Å². The zero-order valence-corrected chi connectivity index (χ0v) is 19.4. The van der Waals surface area contributed by atoms with Gasteiger partial charge in [0, 0.05) is 5.56 Å². The second kappa shape index (κ2) is 10.3. The van der Waals surface area contributed by atoms with Crippen molar-refractivity contribution in [2.45, 2.75) is 65.8 Å². The van der Waals surface area contributed by atoms with E-state index in [0.717, 1.165) is 5.56 Å². The van der Waals surface area contributed by atoms with Gasteiger partial charge in [0.2, 0.25) is 0 Å². The van der Waals surface area contributed by atoms with Gasteiger partial charge >= 0.3 is 18.1 Å². The van der Waals surface area contributed by atoms with Crippen molar-refractivity contribution in [3.8, 4) is 5.75 Å². The molecule has 0 atom stereocenters. The van der Waals surface area contributed by atoms with Gasteiger partial charge in [0.15, 0.2) is 5.75 Å². The summed E-state index contributed by atoms with van der Waals surface area (Å²) >= 11 is 0. The van der Waals surface area contributed by atoms with E-state index in [9.17, 15) is 14.4 Å². The van der Waals surface area contributed by atoms with Crippen LogP contribution in [-0.2, 0) is 32.0 Å². The summed E-state index contributed by atoms with van der Waals surface area (Å²) in [5, 5.41) is 0. The minimum atomic E-state index is -0.993. The van der Waals surface area contributed by atoms with Crippen molar-refractivity contribution < 1.29 is 33.3 Å². The quantitative estimate of drug-likeness (QED) is 0.343. The summed E-state index contributed by atoms with van der Waals surface area (Å²) in [6.07, 6.45) is -1.20. The highest BCUT2D eigenvalue weighted by molar-refractivity contribution is 5.94. The molecule has 0 heterocycles. The van der Waals surface area contributed by atoms with Crippen molar-refractivity contribution in [1.29, 1.82) is 0 Å². The summed E-state index contributed by atoms with van der Waals surface area (Å²) in [6.45, 7) is 10.4. The minimum absolute atomic E-state index is 0.0131. The van der Waals surface area contributed by atoms with E-state index < -0.39 is 29.3 Å². The average Bonchev–Trinajstić information content (AvgIpc) is 2.65. The average molecular weight is 443 g/mol. The summed E-state index contributed by atoms with van der Waals surface area (Å²) in [7, 11) is 0. The van der Waals surface area contributed by atoms with Gasteiger partial charge in [-0.05, 0) is 53.2 Å². The number of carbonyl (C=O) groups excluding carboxylic acids is 3. The molecule has 2 aromatic rings. The SMILES string of the molecule is CC(C)(C)OC(=O)Oc1c(CC(=O)OCc2ccccc2)cccc1C(=O)OC(C)(C)C. The van der Waals surface area contributed by atoms with Crippen LogP contribution in [0.5, 0.6) is 5.75 Å². The van der Waals surface area contributed by atoms with E-state index in [0.29, 0.717) is 5.56 Å². The molecule has 0 aliphatic carbocycles. The largest absolute Gasteiger partial charge is 0.514 e. The summed E-state index contributed by atoms with van der Waals surface area (Å²) in [4.78, 5) is 37.5. The van der Waals surface area contributed by atoms with Crippen LogP contribution in [0.15, 0.2) is 48.5 Å². The van der Waals surface area contributed by atoms with Gasteiger partial charge in [-0.25, -0.2) is 9.59 Å². The Bertz CT molecular complexity index is 950. The first-order valence-corrected chi connectivity index (χ1v) is 10.3. The molecule has 0 saturated heterocycles. The van der Waals surface area contributed by atoms with Crippen LogP contribution in [0.25, 0.3) is 0 Å². The molecule has 32 heavy (non-hydrogen) atoms. The first-order valence-electron chi connectivity index (χ1n) is 10.3. The molecule has 0 aliphatic rings. The van der Waals surface area contributed by atoms with Gasteiger partial charge in [0.1, 0.15) is 23.4 Å². The molecular formula is C25H30O7. The fourth-order valence-corrected chi connectivity index (χ4v) is 2.64. The molecule has 0 saturated carbocycles. The lowest BCUT2D eigenvalue weighted by Gasteiger charge is -2.22. The molecule has 0 spiro atoms. The topological polar surface area (TPSA) is 88.1 Å². The third-order valence-corrected chi connectivity index (χ3v) is 3.87. The Morgan fingerprint density at radius 1 is 0.781 bits per heavy atom. The second-order valence-electron chi connectivity index (χ2n) is 9.19. The Kier molecular flexibility index (Phi) is 8.02. The van der Waals surface area contributed by atoms with Crippen LogP contribution >= 0.6 is 0 Å². The van der Waals surface area contributed by atoms with Crippen molar-refractivity contribution >= 4 is 18.1 Å². The summed E-state index contributed by atoms with van der Waals surface area (Å²) in [5.41, 5.74) is -0.401. The van der Waals surface area contributed by atoms with Gasteiger partial charge < -0.3 is 18.9 Å². The normalized spacial score (nSPS) is 11.4. The van der Waals surface area contributed by atoms with Crippen LogP contribution in [-0.4, -0.2) is 29.3 Å². The Hall–Kier alpha value is -3.35. The molecule has 7 heteroatoms. The maximum atomic E-state index is 12.7. The number of hydrogen-bond acceptors (Lipinski definition) is 7. The Labute approximate surface area is 188 Å². The monoisotopic (exact) mass is 442 g/mol. The Balaban J connectivity index is 2.27. The van der Waals surface area contributed by atoms with E-state index in [4.69, 9.17) is 18.9 Å². The first kappa shape index (κ1) is 24.9. The summed E-state index contributed by atoms with van der Waals surface area (Å²) in [6, 6.07) is 13.9. The molecule has 0 fully saturated rings. The summed E-state index contributed by atoms with van der Waals surface area (Å²) < 4.78 is 21.3. The fraction of sp³-hybridized carbons (Fsp3) is 0.400. The van der Waals surface area contributed by atoms with Crippen LogP contribution < -0.4 is 4.74 Å². The van der Waals surface area contributed by atoms with E-state index in [1.807, 2.05) is 30.3 Å². The van der Waals surface area contributed by atoms with Crippen LogP contribution in [0, 0.1) is 0 Å². The van der Waals surface area contributed by atoms with Gasteiger partial charge in [-0.1, -0.05) is 42.5 Å². The van der Waals surface area contributed by atoms with Gasteiger partial charge in [-0.2, -0.15) is 0 Å². The summed E-state index contributed by atoms with van der Waals surface area (Å²) in [5.74, 6) is -1.31. The van der Waals surface area contributed by atoms with Gasteiger partial charge in [0.05, 0.1) is 6.42 Å². The molecule has 2 aromatic carbocycles. The van der Waals surface area contributed by atoms with Crippen LogP contribution in [0.1, 0.15) is 63.0 Å². The standard InChI is InChI=1S/C25H30O7/c1-24(2,3)31-22(27)19-14-10-13-18(21(19)30-23(28)32-25(4,5)6)15-20(26)29-16-17-11-8-7-9-12-17/h7-14H,15-16H2,1-6H3. The number of para-hydroxylation sites is 1. The third-order valence-electron chi connectivity index (χ3n) is 3.87. The van der Waals surface area contributed by atoms with Crippen LogP contribution in [0.4, 0.5) is 4.79 Å². The molecule has 0 aromatic heterocycles. The zero-order valence-electron chi connectivity index (χ0n) is 19.4.